The Bertz CT molecular complexity index is 678. The number of hydrogen-bond acceptors (Lipinski definition) is 3. The van der Waals surface area contributed by atoms with E-state index in [1.54, 1.807) is 6.92 Å². The van der Waals surface area contributed by atoms with Gasteiger partial charge in [0.25, 0.3) is 0 Å². The van der Waals surface area contributed by atoms with Gasteiger partial charge in [-0.2, -0.15) is 0 Å². The van der Waals surface area contributed by atoms with Gasteiger partial charge in [-0.25, -0.2) is 0 Å². The molecule has 1 aliphatic rings. The lowest BCUT2D eigenvalue weighted by atomic mass is 10.0. The first kappa shape index (κ1) is 16.0. The van der Waals surface area contributed by atoms with Crippen molar-refractivity contribution < 1.29 is 9.90 Å². The molecule has 2 aromatic carbocycles. The van der Waals surface area contributed by atoms with E-state index in [1.165, 1.54) is 5.39 Å². The van der Waals surface area contributed by atoms with Gasteiger partial charge in [0, 0.05) is 32.6 Å². The Hall–Kier alpha value is -1.91. The summed E-state index contributed by atoms with van der Waals surface area (Å²) in [5, 5.41) is 16.2. The molecule has 4 heteroatoms. The summed E-state index contributed by atoms with van der Waals surface area (Å²) >= 11 is 0. The van der Waals surface area contributed by atoms with Crippen molar-refractivity contribution in [3.63, 3.8) is 0 Å². The minimum atomic E-state index is -0.509. The standard InChI is InChI=1S/C19H24N2O2/c1-14(22)21-10-8-18(9-11-21)20-13-19(23)17-7-6-15-4-2-3-5-16(15)12-17/h2-7,12,18-20,23H,8-11,13H2,1H3. The summed E-state index contributed by atoms with van der Waals surface area (Å²) < 4.78 is 0. The number of carbonyl (C=O) groups excluding carboxylic acids is 1. The largest absolute Gasteiger partial charge is 0.387 e. The minimum Gasteiger partial charge on any atom is -0.387 e. The van der Waals surface area contributed by atoms with Crippen LogP contribution in [0.15, 0.2) is 42.5 Å². The van der Waals surface area contributed by atoms with Gasteiger partial charge in [-0.1, -0.05) is 36.4 Å². The molecular formula is C19H24N2O2. The number of piperidine rings is 1. The number of amides is 1. The predicted octanol–water partition coefficient (Wildman–Crippen LogP) is 2.47. The molecule has 2 N–H and O–H groups in total. The lowest BCUT2D eigenvalue weighted by Crippen LogP contribution is -2.45. The Morgan fingerprint density at radius 2 is 1.91 bits per heavy atom. The zero-order valence-electron chi connectivity index (χ0n) is 13.5. The molecule has 1 fully saturated rings. The highest BCUT2D eigenvalue weighted by Crippen LogP contribution is 2.20. The summed E-state index contributed by atoms with van der Waals surface area (Å²) in [6.45, 7) is 3.78. The fraction of sp³-hybridized carbons (Fsp3) is 0.421. The van der Waals surface area contributed by atoms with Crippen LogP contribution in [0.4, 0.5) is 0 Å². The first-order valence-electron chi connectivity index (χ1n) is 8.29. The molecule has 0 spiro atoms. The van der Waals surface area contributed by atoms with E-state index in [2.05, 4.69) is 29.6 Å². The molecule has 3 rings (SSSR count). The first-order valence-corrected chi connectivity index (χ1v) is 8.29. The molecule has 1 atom stereocenters. The monoisotopic (exact) mass is 312 g/mol. The van der Waals surface area contributed by atoms with Crippen LogP contribution in [0.2, 0.25) is 0 Å². The van der Waals surface area contributed by atoms with Gasteiger partial charge < -0.3 is 15.3 Å². The molecule has 0 aromatic heterocycles. The van der Waals surface area contributed by atoms with Crippen LogP contribution in [0.5, 0.6) is 0 Å². The maximum atomic E-state index is 11.3. The van der Waals surface area contributed by atoms with Crippen molar-refractivity contribution in [3.8, 4) is 0 Å². The van der Waals surface area contributed by atoms with Gasteiger partial charge in [0.15, 0.2) is 0 Å². The van der Waals surface area contributed by atoms with Crippen molar-refractivity contribution in [1.82, 2.24) is 10.2 Å². The summed E-state index contributed by atoms with van der Waals surface area (Å²) in [6.07, 6.45) is 1.39. The number of aliphatic hydroxyl groups excluding tert-OH is 1. The van der Waals surface area contributed by atoms with Gasteiger partial charge in [0.2, 0.25) is 5.91 Å². The summed E-state index contributed by atoms with van der Waals surface area (Å²) in [5.41, 5.74) is 0.942. The summed E-state index contributed by atoms with van der Waals surface area (Å²) in [4.78, 5) is 13.2. The molecule has 122 valence electrons. The van der Waals surface area contributed by atoms with Crippen LogP contribution in [0.3, 0.4) is 0 Å². The average molecular weight is 312 g/mol. The highest BCUT2D eigenvalue weighted by molar-refractivity contribution is 5.83. The Kier molecular flexibility index (Phi) is 4.94. The van der Waals surface area contributed by atoms with Crippen LogP contribution in [0, 0.1) is 0 Å². The molecule has 4 nitrogen and oxygen atoms in total. The van der Waals surface area contributed by atoms with Gasteiger partial charge in [-0.15, -0.1) is 0 Å². The van der Waals surface area contributed by atoms with Gasteiger partial charge in [-0.05, 0) is 35.2 Å². The fourth-order valence-electron chi connectivity index (χ4n) is 3.21. The molecule has 0 radical (unpaired) electrons. The van der Waals surface area contributed by atoms with Crippen LogP contribution >= 0.6 is 0 Å². The number of hydrogen-bond donors (Lipinski definition) is 2. The number of carbonyl (C=O) groups is 1. The van der Waals surface area contributed by atoms with Crippen LogP contribution in [-0.4, -0.2) is 41.6 Å². The number of rotatable bonds is 4. The molecule has 0 saturated carbocycles. The van der Waals surface area contributed by atoms with Gasteiger partial charge in [0.1, 0.15) is 0 Å². The Morgan fingerprint density at radius 3 is 2.61 bits per heavy atom. The second-order valence-corrected chi connectivity index (χ2v) is 6.31. The maximum absolute atomic E-state index is 11.3. The van der Waals surface area contributed by atoms with Crippen molar-refractivity contribution in [2.24, 2.45) is 0 Å². The normalized spacial score (nSPS) is 17.4. The van der Waals surface area contributed by atoms with Crippen molar-refractivity contribution in [1.29, 1.82) is 0 Å². The van der Waals surface area contributed by atoms with Crippen LogP contribution in [0.25, 0.3) is 10.8 Å². The molecule has 0 bridgehead atoms. The van der Waals surface area contributed by atoms with Crippen LogP contribution in [-0.2, 0) is 4.79 Å². The molecule has 1 heterocycles. The number of fused-ring (bicyclic) bond motifs is 1. The van der Waals surface area contributed by atoms with E-state index in [-0.39, 0.29) is 5.91 Å². The second kappa shape index (κ2) is 7.11. The number of likely N-dealkylation sites (tertiary alicyclic amines) is 1. The average Bonchev–Trinajstić information content (AvgIpc) is 2.59. The molecular weight excluding hydrogens is 288 g/mol. The molecule has 2 aromatic rings. The topological polar surface area (TPSA) is 52.6 Å². The molecule has 23 heavy (non-hydrogen) atoms. The van der Waals surface area contributed by atoms with Crippen LogP contribution < -0.4 is 5.32 Å². The minimum absolute atomic E-state index is 0.152. The maximum Gasteiger partial charge on any atom is 0.219 e. The highest BCUT2D eigenvalue weighted by Gasteiger charge is 2.21. The number of aliphatic hydroxyl groups is 1. The van der Waals surface area contributed by atoms with Crippen molar-refractivity contribution in [2.45, 2.75) is 31.9 Å². The number of benzene rings is 2. The molecule has 1 saturated heterocycles. The van der Waals surface area contributed by atoms with E-state index >= 15 is 0 Å². The van der Waals surface area contributed by atoms with E-state index in [4.69, 9.17) is 0 Å². The molecule has 1 amide bonds. The Balaban J connectivity index is 1.54. The SMILES string of the molecule is CC(=O)N1CCC(NCC(O)c2ccc3ccccc3c2)CC1. The molecule has 1 unspecified atom stereocenters. The lowest BCUT2D eigenvalue weighted by molar-refractivity contribution is -0.129. The van der Waals surface area contributed by atoms with Crippen molar-refractivity contribution >= 4 is 16.7 Å². The van der Waals surface area contributed by atoms with Crippen molar-refractivity contribution in [2.75, 3.05) is 19.6 Å². The smallest absolute Gasteiger partial charge is 0.219 e. The predicted molar refractivity (Wildman–Crippen MR) is 92.2 cm³/mol. The van der Waals surface area contributed by atoms with Gasteiger partial charge in [0.05, 0.1) is 6.10 Å². The zero-order chi connectivity index (χ0) is 16.2. The summed E-state index contributed by atoms with van der Waals surface area (Å²) in [7, 11) is 0. The van der Waals surface area contributed by atoms with Gasteiger partial charge in [-0.3, -0.25) is 4.79 Å². The Labute approximate surface area is 137 Å². The highest BCUT2D eigenvalue weighted by atomic mass is 16.3. The zero-order valence-corrected chi connectivity index (χ0v) is 13.5. The number of nitrogens with zero attached hydrogens (tertiary/aromatic N) is 1. The van der Waals surface area contributed by atoms with E-state index in [0.717, 1.165) is 36.9 Å². The van der Waals surface area contributed by atoms with Crippen molar-refractivity contribution in [3.05, 3.63) is 48.0 Å². The summed E-state index contributed by atoms with van der Waals surface area (Å²) in [5.74, 6) is 0.152. The summed E-state index contributed by atoms with van der Waals surface area (Å²) in [6, 6.07) is 14.7. The fourth-order valence-corrected chi connectivity index (χ4v) is 3.21. The van der Waals surface area contributed by atoms with Crippen LogP contribution in [0.1, 0.15) is 31.4 Å². The Morgan fingerprint density at radius 1 is 1.22 bits per heavy atom. The molecule has 0 aliphatic carbocycles. The van der Waals surface area contributed by atoms with E-state index < -0.39 is 6.10 Å². The first-order chi connectivity index (χ1) is 11.1. The quantitative estimate of drug-likeness (QED) is 0.912. The lowest BCUT2D eigenvalue weighted by Gasteiger charge is -2.32. The van der Waals surface area contributed by atoms with E-state index in [1.807, 2.05) is 23.1 Å². The number of nitrogens with one attached hydrogen (secondary N) is 1. The third kappa shape index (κ3) is 3.89. The molecule has 1 aliphatic heterocycles. The van der Waals surface area contributed by atoms with Gasteiger partial charge >= 0.3 is 0 Å². The van der Waals surface area contributed by atoms with E-state index in [9.17, 15) is 9.90 Å². The third-order valence-corrected chi connectivity index (χ3v) is 4.70. The third-order valence-electron chi connectivity index (χ3n) is 4.70. The van der Waals surface area contributed by atoms with E-state index in [0.29, 0.717) is 12.6 Å². The second-order valence-electron chi connectivity index (χ2n) is 6.31.